The lowest BCUT2D eigenvalue weighted by Crippen LogP contribution is -2.42. The van der Waals surface area contributed by atoms with Gasteiger partial charge in [0, 0.05) is 11.9 Å². The number of nitrogens with zero attached hydrogens (tertiary/aromatic N) is 1. The maximum absolute atomic E-state index is 6.17. The number of hydrogen-bond donors (Lipinski definition) is 1. The topological polar surface area (TPSA) is 34.1 Å². The van der Waals surface area contributed by atoms with Crippen LogP contribution in [0, 0.1) is 0 Å². The molecule has 3 nitrogen and oxygen atoms in total. The number of alkyl halides is 1. The van der Waals surface area contributed by atoms with Crippen LogP contribution in [0.4, 0.5) is 5.82 Å². The molecule has 100 valence electrons. The second-order valence-corrected chi connectivity index (χ2v) is 5.16. The van der Waals surface area contributed by atoms with Crippen LogP contribution < -0.4 is 10.1 Å². The number of anilines is 1. The standard InChI is InChI=1S/C14H21ClN2O/c1-2-18-13-8-6-7-12(16-13)17-14(11-15)9-4-3-5-10-14/h6-8H,2-5,9-11H2,1H3,(H,16,17). The summed E-state index contributed by atoms with van der Waals surface area (Å²) >= 11 is 6.17. The third-order valence-corrected chi connectivity index (χ3v) is 3.99. The molecule has 0 bridgehead atoms. The summed E-state index contributed by atoms with van der Waals surface area (Å²) in [5.74, 6) is 2.17. The number of hydrogen-bond acceptors (Lipinski definition) is 3. The fourth-order valence-electron chi connectivity index (χ4n) is 2.50. The lowest BCUT2D eigenvalue weighted by atomic mass is 9.83. The van der Waals surface area contributed by atoms with Gasteiger partial charge in [0.1, 0.15) is 5.82 Å². The molecule has 0 aliphatic heterocycles. The van der Waals surface area contributed by atoms with Crippen LogP contribution in [0.3, 0.4) is 0 Å². The zero-order valence-electron chi connectivity index (χ0n) is 10.9. The molecule has 0 radical (unpaired) electrons. The van der Waals surface area contributed by atoms with Crippen LogP contribution in [-0.2, 0) is 0 Å². The summed E-state index contributed by atoms with van der Waals surface area (Å²) in [5, 5.41) is 3.52. The minimum atomic E-state index is 0.0116. The van der Waals surface area contributed by atoms with Crippen LogP contribution in [0.25, 0.3) is 0 Å². The molecule has 1 saturated carbocycles. The number of rotatable bonds is 5. The van der Waals surface area contributed by atoms with Crippen LogP contribution >= 0.6 is 11.6 Å². The molecule has 1 aliphatic rings. The molecular weight excluding hydrogens is 248 g/mol. The highest BCUT2D eigenvalue weighted by Gasteiger charge is 2.31. The summed E-state index contributed by atoms with van der Waals surface area (Å²) in [6, 6.07) is 5.82. The minimum absolute atomic E-state index is 0.0116. The van der Waals surface area contributed by atoms with Crippen LogP contribution in [0.2, 0.25) is 0 Å². The monoisotopic (exact) mass is 268 g/mol. The van der Waals surface area contributed by atoms with Crippen LogP contribution in [0.5, 0.6) is 5.88 Å². The average molecular weight is 269 g/mol. The van der Waals surface area contributed by atoms with Crippen molar-refractivity contribution in [1.82, 2.24) is 4.98 Å². The molecule has 0 saturated heterocycles. The Kier molecular flexibility index (Phi) is 4.70. The number of ether oxygens (including phenoxy) is 1. The van der Waals surface area contributed by atoms with Crippen molar-refractivity contribution in [3.05, 3.63) is 18.2 Å². The Labute approximate surface area is 114 Å². The van der Waals surface area contributed by atoms with E-state index in [4.69, 9.17) is 16.3 Å². The highest BCUT2D eigenvalue weighted by Crippen LogP contribution is 2.32. The molecule has 1 heterocycles. The van der Waals surface area contributed by atoms with Crippen molar-refractivity contribution in [2.45, 2.75) is 44.6 Å². The van der Waals surface area contributed by atoms with E-state index < -0.39 is 0 Å². The first-order chi connectivity index (χ1) is 8.78. The minimum Gasteiger partial charge on any atom is -0.478 e. The van der Waals surface area contributed by atoms with E-state index in [1.807, 2.05) is 25.1 Å². The lowest BCUT2D eigenvalue weighted by molar-refractivity contribution is 0.325. The van der Waals surface area contributed by atoms with E-state index in [-0.39, 0.29) is 5.54 Å². The van der Waals surface area contributed by atoms with Gasteiger partial charge in [-0.2, -0.15) is 4.98 Å². The van der Waals surface area contributed by atoms with Gasteiger partial charge in [0.05, 0.1) is 12.1 Å². The zero-order chi connectivity index (χ0) is 12.8. The van der Waals surface area contributed by atoms with E-state index in [0.717, 1.165) is 18.7 Å². The number of pyridine rings is 1. The highest BCUT2D eigenvalue weighted by atomic mass is 35.5. The molecule has 4 heteroatoms. The molecule has 18 heavy (non-hydrogen) atoms. The maximum atomic E-state index is 6.17. The fourth-order valence-corrected chi connectivity index (χ4v) is 2.84. The molecule has 0 amide bonds. The molecule has 0 unspecified atom stereocenters. The SMILES string of the molecule is CCOc1cccc(NC2(CCl)CCCCC2)n1. The first kappa shape index (κ1) is 13.5. The molecule has 0 spiro atoms. The number of aromatic nitrogens is 1. The molecule has 1 aromatic rings. The fraction of sp³-hybridized carbons (Fsp3) is 0.643. The third-order valence-electron chi connectivity index (χ3n) is 3.48. The Morgan fingerprint density at radius 3 is 2.78 bits per heavy atom. The highest BCUT2D eigenvalue weighted by molar-refractivity contribution is 6.18. The van der Waals surface area contributed by atoms with Gasteiger partial charge in [-0.25, -0.2) is 0 Å². The third kappa shape index (κ3) is 3.29. The van der Waals surface area contributed by atoms with Crippen LogP contribution in [-0.4, -0.2) is 23.0 Å². The van der Waals surface area contributed by atoms with Crippen molar-refractivity contribution >= 4 is 17.4 Å². The maximum Gasteiger partial charge on any atom is 0.215 e. The summed E-state index contributed by atoms with van der Waals surface area (Å²) in [7, 11) is 0. The van der Waals surface area contributed by atoms with Crippen LogP contribution in [0.1, 0.15) is 39.0 Å². The van der Waals surface area contributed by atoms with E-state index >= 15 is 0 Å². The Balaban J connectivity index is 2.08. The van der Waals surface area contributed by atoms with Crippen molar-refractivity contribution in [3.63, 3.8) is 0 Å². The first-order valence-corrected chi connectivity index (χ1v) is 7.25. The van der Waals surface area contributed by atoms with Gasteiger partial charge in [-0.15, -0.1) is 11.6 Å². The molecular formula is C14H21ClN2O. The van der Waals surface area contributed by atoms with Gasteiger partial charge in [-0.1, -0.05) is 25.3 Å². The number of nitrogens with one attached hydrogen (secondary N) is 1. The molecule has 1 aliphatic carbocycles. The zero-order valence-corrected chi connectivity index (χ0v) is 11.7. The first-order valence-electron chi connectivity index (χ1n) is 6.72. The molecule has 1 fully saturated rings. The van der Waals surface area contributed by atoms with E-state index in [0.29, 0.717) is 18.4 Å². The van der Waals surface area contributed by atoms with Gasteiger partial charge in [0.25, 0.3) is 0 Å². The second kappa shape index (κ2) is 6.28. The van der Waals surface area contributed by atoms with Gasteiger partial charge in [0.2, 0.25) is 5.88 Å². The van der Waals surface area contributed by atoms with E-state index in [9.17, 15) is 0 Å². The average Bonchev–Trinajstić information content (AvgIpc) is 2.41. The molecule has 2 rings (SSSR count). The van der Waals surface area contributed by atoms with Crippen molar-refractivity contribution in [2.75, 3.05) is 17.8 Å². The van der Waals surface area contributed by atoms with Gasteiger partial charge < -0.3 is 10.1 Å². The van der Waals surface area contributed by atoms with Gasteiger partial charge in [-0.3, -0.25) is 0 Å². The van der Waals surface area contributed by atoms with E-state index in [2.05, 4.69) is 10.3 Å². The molecule has 0 aromatic carbocycles. The van der Waals surface area contributed by atoms with E-state index in [1.54, 1.807) is 0 Å². The van der Waals surface area contributed by atoms with Gasteiger partial charge in [-0.05, 0) is 25.8 Å². The van der Waals surface area contributed by atoms with Gasteiger partial charge >= 0.3 is 0 Å². The Bertz CT molecular complexity index is 378. The largest absolute Gasteiger partial charge is 0.478 e. The summed E-state index contributed by atoms with van der Waals surface area (Å²) in [6.45, 7) is 2.60. The van der Waals surface area contributed by atoms with Crippen molar-refractivity contribution in [2.24, 2.45) is 0 Å². The summed E-state index contributed by atoms with van der Waals surface area (Å²) in [6.07, 6.45) is 6.04. The predicted molar refractivity (Wildman–Crippen MR) is 75.6 cm³/mol. The Morgan fingerprint density at radius 1 is 1.33 bits per heavy atom. The summed E-state index contributed by atoms with van der Waals surface area (Å²) < 4.78 is 5.42. The van der Waals surface area contributed by atoms with Crippen LogP contribution in [0.15, 0.2) is 18.2 Å². The number of halogens is 1. The van der Waals surface area contributed by atoms with Gasteiger partial charge in [0.15, 0.2) is 0 Å². The van der Waals surface area contributed by atoms with Crippen molar-refractivity contribution in [1.29, 1.82) is 0 Å². The van der Waals surface area contributed by atoms with E-state index in [1.165, 1.54) is 19.3 Å². The molecule has 1 aromatic heterocycles. The smallest absolute Gasteiger partial charge is 0.215 e. The summed E-state index contributed by atoms with van der Waals surface area (Å²) in [5.41, 5.74) is 0.0116. The lowest BCUT2D eigenvalue weighted by Gasteiger charge is -2.37. The molecule has 0 atom stereocenters. The predicted octanol–water partition coefficient (Wildman–Crippen LogP) is 3.83. The quantitative estimate of drug-likeness (QED) is 0.824. The van der Waals surface area contributed by atoms with Crippen molar-refractivity contribution in [3.8, 4) is 5.88 Å². The Hall–Kier alpha value is -0.960. The normalized spacial score (nSPS) is 18.3. The molecule has 1 N–H and O–H groups in total. The second-order valence-electron chi connectivity index (χ2n) is 4.89. The van der Waals surface area contributed by atoms with Crippen molar-refractivity contribution < 1.29 is 4.74 Å². The summed E-state index contributed by atoms with van der Waals surface area (Å²) in [4.78, 5) is 4.46. The Morgan fingerprint density at radius 2 is 2.11 bits per heavy atom.